The molecule has 2 rings (SSSR count). The van der Waals surface area contributed by atoms with Gasteiger partial charge < -0.3 is 9.88 Å². The van der Waals surface area contributed by atoms with Crippen molar-refractivity contribution in [3.8, 4) is 0 Å². The molecule has 1 N–H and O–H groups in total. The number of likely N-dealkylation sites (tertiary alicyclic amines) is 1. The number of aryl methyl sites for hydroxylation is 1. The summed E-state index contributed by atoms with van der Waals surface area (Å²) in [5, 5.41) is 3.81. The van der Waals surface area contributed by atoms with Gasteiger partial charge in [0.15, 0.2) is 0 Å². The van der Waals surface area contributed by atoms with Crippen LogP contribution in [0.4, 0.5) is 0 Å². The van der Waals surface area contributed by atoms with Gasteiger partial charge in [-0.15, -0.1) is 0 Å². The fourth-order valence-electron chi connectivity index (χ4n) is 3.92. The van der Waals surface area contributed by atoms with Gasteiger partial charge in [0.2, 0.25) is 0 Å². The molecule has 0 saturated carbocycles. The maximum Gasteiger partial charge on any atom is 0.127 e. The van der Waals surface area contributed by atoms with Crippen LogP contribution in [0.15, 0.2) is 12.4 Å². The molecule has 2 heterocycles. The minimum Gasteiger partial charge on any atom is -0.337 e. The van der Waals surface area contributed by atoms with E-state index in [4.69, 9.17) is 0 Å². The summed E-state index contributed by atoms with van der Waals surface area (Å²) >= 11 is 0. The van der Waals surface area contributed by atoms with Crippen LogP contribution in [0, 0.1) is 0 Å². The number of imidazole rings is 1. The Morgan fingerprint density at radius 3 is 2.38 bits per heavy atom. The Bertz CT molecular complexity index is 416. The number of aromatic nitrogens is 2. The normalized spacial score (nSPS) is 18.3. The molecule has 1 aliphatic rings. The van der Waals surface area contributed by atoms with E-state index in [0.717, 1.165) is 25.8 Å². The summed E-state index contributed by atoms with van der Waals surface area (Å²) in [5.41, 5.74) is 0.185. The van der Waals surface area contributed by atoms with Crippen molar-refractivity contribution in [3.05, 3.63) is 18.2 Å². The lowest BCUT2D eigenvalue weighted by molar-refractivity contribution is 0.0573. The standard InChI is InChI=1S/C17H32N4/c1-5-10-18-15(16-19-11-14-20(16)4)17(6-2,7-3)21-12-8-9-13-21/h11,14-15,18H,5-10,12-13H2,1-4H3. The number of hydrogen-bond acceptors (Lipinski definition) is 3. The van der Waals surface area contributed by atoms with Crippen molar-refractivity contribution in [2.45, 2.75) is 64.5 Å². The summed E-state index contributed by atoms with van der Waals surface area (Å²) < 4.78 is 2.18. The summed E-state index contributed by atoms with van der Waals surface area (Å²) in [6, 6.07) is 0.311. The summed E-state index contributed by atoms with van der Waals surface area (Å²) in [4.78, 5) is 7.39. The highest BCUT2D eigenvalue weighted by molar-refractivity contribution is 5.11. The molecule has 1 aliphatic heterocycles. The average Bonchev–Trinajstić information content (AvgIpc) is 3.16. The van der Waals surface area contributed by atoms with E-state index in [-0.39, 0.29) is 5.54 Å². The van der Waals surface area contributed by atoms with Gasteiger partial charge in [0, 0.05) is 25.0 Å². The summed E-state index contributed by atoms with van der Waals surface area (Å²) in [7, 11) is 2.11. The molecule has 0 radical (unpaired) electrons. The molecule has 1 fully saturated rings. The Kier molecular flexibility index (Phi) is 5.82. The maximum absolute atomic E-state index is 4.68. The SMILES string of the molecule is CCCNC(c1nccn1C)C(CC)(CC)N1CCCC1. The van der Waals surface area contributed by atoms with Crippen LogP contribution in [0.5, 0.6) is 0 Å². The van der Waals surface area contributed by atoms with Crippen molar-refractivity contribution in [2.75, 3.05) is 19.6 Å². The molecule has 1 saturated heterocycles. The minimum atomic E-state index is 0.185. The first kappa shape index (κ1) is 16.5. The highest BCUT2D eigenvalue weighted by Crippen LogP contribution is 2.38. The van der Waals surface area contributed by atoms with E-state index in [1.807, 2.05) is 6.20 Å². The molecule has 0 spiro atoms. The molecular weight excluding hydrogens is 260 g/mol. The van der Waals surface area contributed by atoms with Crippen molar-refractivity contribution in [2.24, 2.45) is 7.05 Å². The van der Waals surface area contributed by atoms with Gasteiger partial charge in [-0.3, -0.25) is 4.90 Å². The van der Waals surface area contributed by atoms with E-state index in [2.05, 4.69) is 53.8 Å². The molecule has 21 heavy (non-hydrogen) atoms. The van der Waals surface area contributed by atoms with Gasteiger partial charge in [0.1, 0.15) is 5.82 Å². The van der Waals surface area contributed by atoms with Gasteiger partial charge in [0.25, 0.3) is 0 Å². The van der Waals surface area contributed by atoms with Crippen LogP contribution in [-0.2, 0) is 7.05 Å². The zero-order valence-electron chi connectivity index (χ0n) is 14.2. The number of rotatable bonds is 8. The quantitative estimate of drug-likeness (QED) is 0.799. The monoisotopic (exact) mass is 292 g/mol. The molecule has 1 unspecified atom stereocenters. The van der Waals surface area contributed by atoms with E-state index in [1.54, 1.807) is 0 Å². The zero-order valence-corrected chi connectivity index (χ0v) is 14.2. The second kappa shape index (κ2) is 7.41. The van der Waals surface area contributed by atoms with Crippen molar-refractivity contribution in [1.82, 2.24) is 19.8 Å². The molecule has 1 atom stereocenters. The lowest BCUT2D eigenvalue weighted by atomic mass is 9.82. The van der Waals surface area contributed by atoms with E-state index in [9.17, 15) is 0 Å². The van der Waals surface area contributed by atoms with Crippen LogP contribution in [0.2, 0.25) is 0 Å². The lowest BCUT2D eigenvalue weighted by Gasteiger charge is -2.46. The average molecular weight is 292 g/mol. The molecule has 4 heteroatoms. The van der Waals surface area contributed by atoms with Gasteiger partial charge in [-0.2, -0.15) is 0 Å². The van der Waals surface area contributed by atoms with Crippen molar-refractivity contribution < 1.29 is 0 Å². The van der Waals surface area contributed by atoms with Crippen LogP contribution in [0.1, 0.15) is 64.7 Å². The molecule has 120 valence electrons. The third-order valence-electron chi connectivity index (χ3n) is 5.21. The van der Waals surface area contributed by atoms with Crippen LogP contribution in [0.25, 0.3) is 0 Å². The van der Waals surface area contributed by atoms with Gasteiger partial charge in [0.05, 0.1) is 6.04 Å². The summed E-state index contributed by atoms with van der Waals surface area (Å²) in [6.45, 7) is 10.4. The Morgan fingerprint density at radius 1 is 1.24 bits per heavy atom. The smallest absolute Gasteiger partial charge is 0.127 e. The zero-order chi connectivity index (χ0) is 15.3. The van der Waals surface area contributed by atoms with E-state index < -0.39 is 0 Å². The lowest BCUT2D eigenvalue weighted by Crippen LogP contribution is -2.55. The highest BCUT2D eigenvalue weighted by atomic mass is 15.3. The molecule has 1 aromatic rings. The summed E-state index contributed by atoms with van der Waals surface area (Å²) in [5.74, 6) is 1.18. The number of nitrogens with one attached hydrogen (secondary N) is 1. The van der Waals surface area contributed by atoms with E-state index in [1.165, 1.54) is 31.8 Å². The molecule has 1 aromatic heterocycles. The van der Waals surface area contributed by atoms with Crippen molar-refractivity contribution in [3.63, 3.8) is 0 Å². The first-order chi connectivity index (χ1) is 10.2. The van der Waals surface area contributed by atoms with Crippen LogP contribution in [-0.4, -0.2) is 39.6 Å². The maximum atomic E-state index is 4.68. The van der Waals surface area contributed by atoms with Crippen LogP contribution >= 0.6 is 0 Å². The number of hydrogen-bond donors (Lipinski definition) is 1. The Balaban J connectivity index is 2.36. The third-order valence-corrected chi connectivity index (χ3v) is 5.21. The molecule has 0 amide bonds. The summed E-state index contributed by atoms with van der Waals surface area (Å²) in [6.07, 6.45) is 10.2. The molecule has 0 bridgehead atoms. The van der Waals surface area contributed by atoms with Gasteiger partial charge in [-0.1, -0.05) is 20.8 Å². The second-order valence-electron chi connectivity index (χ2n) is 6.29. The van der Waals surface area contributed by atoms with Crippen molar-refractivity contribution >= 4 is 0 Å². The minimum absolute atomic E-state index is 0.185. The predicted octanol–water partition coefficient (Wildman–Crippen LogP) is 3.12. The second-order valence-corrected chi connectivity index (χ2v) is 6.29. The van der Waals surface area contributed by atoms with Crippen LogP contribution in [0.3, 0.4) is 0 Å². The first-order valence-corrected chi connectivity index (χ1v) is 8.65. The Labute approximate surface area is 129 Å². The third kappa shape index (κ3) is 3.16. The van der Waals surface area contributed by atoms with Gasteiger partial charge >= 0.3 is 0 Å². The molecule has 0 aromatic carbocycles. The van der Waals surface area contributed by atoms with E-state index >= 15 is 0 Å². The fourth-order valence-corrected chi connectivity index (χ4v) is 3.92. The van der Waals surface area contributed by atoms with Gasteiger partial charge in [-0.25, -0.2) is 4.98 Å². The topological polar surface area (TPSA) is 33.1 Å². The van der Waals surface area contributed by atoms with E-state index in [0.29, 0.717) is 6.04 Å². The number of nitrogens with zero attached hydrogens (tertiary/aromatic N) is 3. The fraction of sp³-hybridized carbons (Fsp3) is 0.824. The van der Waals surface area contributed by atoms with Gasteiger partial charge in [-0.05, 0) is 51.7 Å². The molecular formula is C17H32N4. The molecule has 4 nitrogen and oxygen atoms in total. The largest absolute Gasteiger partial charge is 0.337 e. The highest BCUT2D eigenvalue weighted by Gasteiger charge is 2.44. The predicted molar refractivity (Wildman–Crippen MR) is 88.4 cm³/mol. The van der Waals surface area contributed by atoms with Crippen molar-refractivity contribution in [1.29, 1.82) is 0 Å². The first-order valence-electron chi connectivity index (χ1n) is 8.65. The van der Waals surface area contributed by atoms with Crippen LogP contribution < -0.4 is 5.32 Å². The molecule has 0 aliphatic carbocycles. The Hall–Kier alpha value is -0.870. The Morgan fingerprint density at radius 2 is 1.90 bits per heavy atom.